The Balaban J connectivity index is 1.72. The molecule has 26 heavy (non-hydrogen) atoms. The summed E-state index contributed by atoms with van der Waals surface area (Å²) in [6.07, 6.45) is -2.80. The van der Waals surface area contributed by atoms with Crippen LogP contribution >= 0.6 is 0 Å². The van der Waals surface area contributed by atoms with Gasteiger partial charge in [0.15, 0.2) is 17.9 Å². The third kappa shape index (κ3) is 5.14. The largest absolute Gasteiger partial charge is 0.490 e. The first-order valence-corrected chi connectivity index (χ1v) is 7.55. The second-order valence-electron chi connectivity index (χ2n) is 5.18. The topological polar surface area (TPSA) is 48.4 Å². The van der Waals surface area contributed by atoms with E-state index in [-0.39, 0.29) is 31.1 Å². The summed E-state index contributed by atoms with van der Waals surface area (Å²) in [5, 5.41) is 0. The molecule has 1 aromatic carbocycles. The van der Waals surface area contributed by atoms with E-state index < -0.39 is 28.9 Å². The number of rotatable bonds is 8. The molecule has 0 saturated heterocycles. The Labute approximate surface area is 145 Å². The standard InChI is InChI=1S/C17H14F5NO3/c18-13-4-5-14(16(19)12(13)10-24)25-7-1-2-8-26-15-6-3-11(9-23-15)17(20,21)22/h3-6,9-10H,1-2,7-8H2. The molecule has 0 aliphatic rings. The maximum Gasteiger partial charge on any atom is 0.417 e. The average Bonchev–Trinajstić information content (AvgIpc) is 2.59. The van der Waals surface area contributed by atoms with Crippen molar-refractivity contribution in [3.05, 3.63) is 53.2 Å². The van der Waals surface area contributed by atoms with Crippen molar-refractivity contribution in [2.75, 3.05) is 13.2 Å². The number of unbranched alkanes of at least 4 members (excludes halogenated alkanes) is 1. The van der Waals surface area contributed by atoms with Crippen LogP contribution in [0.4, 0.5) is 22.0 Å². The van der Waals surface area contributed by atoms with Crippen LogP contribution in [0.3, 0.4) is 0 Å². The molecule has 0 atom stereocenters. The number of aromatic nitrogens is 1. The number of halogens is 5. The van der Waals surface area contributed by atoms with E-state index in [1.54, 1.807) is 0 Å². The zero-order valence-electron chi connectivity index (χ0n) is 13.4. The molecule has 4 nitrogen and oxygen atoms in total. The minimum Gasteiger partial charge on any atom is -0.490 e. The van der Waals surface area contributed by atoms with Crippen LogP contribution in [-0.2, 0) is 6.18 Å². The minimum atomic E-state index is -4.46. The van der Waals surface area contributed by atoms with Crippen LogP contribution in [0.15, 0.2) is 30.5 Å². The van der Waals surface area contributed by atoms with E-state index in [4.69, 9.17) is 9.47 Å². The number of benzene rings is 1. The molecule has 0 spiro atoms. The van der Waals surface area contributed by atoms with Crippen molar-refractivity contribution in [2.24, 2.45) is 0 Å². The molecular formula is C17H14F5NO3. The molecule has 0 bridgehead atoms. The molecule has 1 heterocycles. The predicted molar refractivity (Wildman–Crippen MR) is 81.2 cm³/mol. The zero-order chi connectivity index (χ0) is 19.2. The fourth-order valence-corrected chi connectivity index (χ4v) is 1.97. The van der Waals surface area contributed by atoms with Crippen LogP contribution in [0.2, 0.25) is 0 Å². The fourth-order valence-electron chi connectivity index (χ4n) is 1.97. The summed E-state index contributed by atoms with van der Waals surface area (Å²) >= 11 is 0. The smallest absolute Gasteiger partial charge is 0.417 e. The SMILES string of the molecule is O=Cc1c(F)ccc(OCCCCOc2ccc(C(F)(F)F)cn2)c1F. The highest BCUT2D eigenvalue weighted by Gasteiger charge is 2.30. The van der Waals surface area contributed by atoms with E-state index in [1.807, 2.05) is 0 Å². The average molecular weight is 375 g/mol. The number of alkyl halides is 3. The number of pyridine rings is 1. The summed E-state index contributed by atoms with van der Waals surface area (Å²) in [5.74, 6) is -2.22. The molecule has 0 aliphatic heterocycles. The second-order valence-corrected chi connectivity index (χ2v) is 5.18. The molecule has 0 amide bonds. The molecule has 0 radical (unpaired) electrons. The Morgan fingerprint density at radius 2 is 1.69 bits per heavy atom. The number of nitrogens with zero attached hydrogens (tertiary/aromatic N) is 1. The van der Waals surface area contributed by atoms with Crippen LogP contribution in [0.5, 0.6) is 11.6 Å². The van der Waals surface area contributed by atoms with Crippen LogP contribution in [0, 0.1) is 11.6 Å². The summed E-state index contributed by atoms with van der Waals surface area (Å²) in [6, 6.07) is 4.00. The van der Waals surface area contributed by atoms with Gasteiger partial charge in [-0.05, 0) is 31.0 Å². The van der Waals surface area contributed by atoms with E-state index in [0.717, 1.165) is 24.3 Å². The Morgan fingerprint density at radius 1 is 1.00 bits per heavy atom. The van der Waals surface area contributed by atoms with Gasteiger partial charge in [0.1, 0.15) is 5.82 Å². The lowest BCUT2D eigenvalue weighted by atomic mass is 10.2. The van der Waals surface area contributed by atoms with Crippen molar-refractivity contribution >= 4 is 6.29 Å². The monoisotopic (exact) mass is 375 g/mol. The Kier molecular flexibility index (Phi) is 6.48. The van der Waals surface area contributed by atoms with Gasteiger partial charge in [-0.15, -0.1) is 0 Å². The van der Waals surface area contributed by atoms with Gasteiger partial charge in [0, 0.05) is 12.3 Å². The van der Waals surface area contributed by atoms with Gasteiger partial charge in [0.05, 0.1) is 24.3 Å². The van der Waals surface area contributed by atoms with E-state index in [0.29, 0.717) is 19.0 Å². The maximum absolute atomic E-state index is 13.7. The van der Waals surface area contributed by atoms with E-state index in [2.05, 4.69) is 4.98 Å². The van der Waals surface area contributed by atoms with Crippen LogP contribution < -0.4 is 9.47 Å². The first-order chi connectivity index (χ1) is 12.3. The molecule has 0 saturated carbocycles. The zero-order valence-corrected chi connectivity index (χ0v) is 13.4. The van der Waals surface area contributed by atoms with Gasteiger partial charge >= 0.3 is 6.18 Å². The lowest BCUT2D eigenvalue weighted by molar-refractivity contribution is -0.137. The second kappa shape index (κ2) is 8.59. The number of carbonyl (C=O) groups excluding carboxylic acids is 1. The first-order valence-electron chi connectivity index (χ1n) is 7.55. The fraction of sp³-hybridized carbons (Fsp3) is 0.294. The summed E-state index contributed by atoms with van der Waals surface area (Å²) in [7, 11) is 0. The number of hydrogen-bond donors (Lipinski definition) is 0. The van der Waals surface area contributed by atoms with Gasteiger partial charge in [0.25, 0.3) is 0 Å². The van der Waals surface area contributed by atoms with Gasteiger partial charge in [-0.2, -0.15) is 13.2 Å². The van der Waals surface area contributed by atoms with Crippen molar-refractivity contribution in [2.45, 2.75) is 19.0 Å². The third-order valence-corrected chi connectivity index (χ3v) is 3.32. The van der Waals surface area contributed by atoms with Crippen molar-refractivity contribution in [1.29, 1.82) is 0 Å². The molecular weight excluding hydrogens is 361 g/mol. The van der Waals surface area contributed by atoms with Crippen molar-refractivity contribution in [3.63, 3.8) is 0 Å². The maximum atomic E-state index is 13.7. The first kappa shape index (κ1) is 19.6. The summed E-state index contributed by atoms with van der Waals surface area (Å²) < 4.78 is 74.4. The third-order valence-electron chi connectivity index (χ3n) is 3.32. The molecule has 9 heteroatoms. The number of carbonyl (C=O) groups is 1. The molecule has 0 fully saturated rings. The van der Waals surface area contributed by atoms with Crippen molar-refractivity contribution < 1.29 is 36.2 Å². The number of hydrogen-bond acceptors (Lipinski definition) is 4. The normalized spacial score (nSPS) is 11.3. The lowest BCUT2D eigenvalue weighted by Crippen LogP contribution is -2.07. The highest BCUT2D eigenvalue weighted by atomic mass is 19.4. The number of aldehydes is 1. The van der Waals surface area contributed by atoms with Gasteiger partial charge in [0.2, 0.25) is 5.88 Å². The molecule has 0 unspecified atom stereocenters. The van der Waals surface area contributed by atoms with Crippen molar-refractivity contribution in [3.8, 4) is 11.6 Å². The molecule has 0 aliphatic carbocycles. The molecule has 2 rings (SSSR count). The van der Waals surface area contributed by atoms with Crippen LogP contribution in [0.1, 0.15) is 28.8 Å². The van der Waals surface area contributed by atoms with Gasteiger partial charge in [-0.3, -0.25) is 4.79 Å². The van der Waals surface area contributed by atoms with Gasteiger partial charge in [-0.1, -0.05) is 0 Å². The minimum absolute atomic E-state index is 0.0547. The summed E-state index contributed by atoms with van der Waals surface area (Å²) in [6.45, 7) is 0.262. The van der Waals surface area contributed by atoms with E-state index >= 15 is 0 Å². The summed E-state index contributed by atoms with van der Waals surface area (Å²) in [5.41, 5.74) is -1.56. The quantitative estimate of drug-likeness (QED) is 0.389. The predicted octanol–water partition coefficient (Wildman–Crippen LogP) is 4.43. The molecule has 2 aromatic rings. The molecule has 140 valence electrons. The Morgan fingerprint density at radius 3 is 2.27 bits per heavy atom. The molecule has 1 aromatic heterocycles. The molecule has 0 N–H and O–H groups in total. The van der Waals surface area contributed by atoms with E-state index in [9.17, 15) is 26.7 Å². The highest BCUT2D eigenvalue weighted by molar-refractivity contribution is 5.76. The van der Waals surface area contributed by atoms with Gasteiger partial charge < -0.3 is 9.47 Å². The summed E-state index contributed by atoms with van der Waals surface area (Å²) in [4.78, 5) is 14.2. The highest BCUT2D eigenvalue weighted by Crippen LogP contribution is 2.29. The van der Waals surface area contributed by atoms with Crippen LogP contribution in [0.25, 0.3) is 0 Å². The lowest BCUT2D eigenvalue weighted by Gasteiger charge is -2.10. The van der Waals surface area contributed by atoms with Crippen molar-refractivity contribution in [1.82, 2.24) is 4.98 Å². The Hall–Kier alpha value is -2.71. The van der Waals surface area contributed by atoms with Gasteiger partial charge in [-0.25, -0.2) is 13.8 Å². The Bertz CT molecular complexity index is 747. The van der Waals surface area contributed by atoms with E-state index in [1.165, 1.54) is 0 Å². The van der Waals surface area contributed by atoms with Crippen LogP contribution in [-0.4, -0.2) is 24.5 Å². The number of ether oxygens (including phenoxy) is 2.